The zero-order valence-corrected chi connectivity index (χ0v) is 13.6. The lowest BCUT2D eigenvalue weighted by Gasteiger charge is -2.07. The summed E-state index contributed by atoms with van der Waals surface area (Å²) >= 11 is 1.29. The third kappa shape index (κ3) is 5.06. The Morgan fingerprint density at radius 3 is 2.50 bits per heavy atom. The Kier molecular flexibility index (Phi) is 5.17. The molecule has 0 aliphatic carbocycles. The molecule has 1 aromatic heterocycles. The van der Waals surface area contributed by atoms with Crippen molar-refractivity contribution in [1.82, 2.24) is 15.2 Å². The first-order valence-electron chi connectivity index (χ1n) is 6.42. The third-order valence-electron chi connectivity index (χ3n) is 2.69. The van der Waals surface area contributed by atoms with Crippen LogP contribution >= 0.6 is 11.8 Å². The van der Waals surface area contributed by atoms with Gasteiger partial charge in [0.2, 0.25) is 5.16 Å². The number of aromatic amines is 1. The predicted octanol–water partition coefficient (Wildman–Crippen LogP) is 2.52. The van der Waals surface area contributed by atoms with Gasteiger partial charge < -0.3 is 0 Å². The average Bonchev–Trinajstić information content (AvgIpc) is 2.82. The number of hydrogen-bond donors (Lipinski definition) is 1. The highest BCUT2D eigenvalue weighted by Crippen LogP contribution is 2.22. The van der Waals surface area contributed by atoms with Crippen LogP contribution in [0.2, 0.25) is 0 Å². The van der Waals surface area contributed by atoms with Crippen LogP contribution in [-0.4, -0.2) is 41.4 Å². The number of halogens is 2. The minimum atomic E-state index is -3.02. The average molecular weight is 347 g/mol. The van der Waals surface area contributed by atoms with Gasteiger partial charge in [-0.2, -0.15) is 0 Å². The first-order valence-corrected chi connectivity index (χ1v) is 9.47. The Balaban J connectivity index is 2.02. The fourth-order valence-corrected chi connectivity index (χ4v) is 4.03. The summed E-state index contributed by atoms with van der Waals surface area (Å²) in [5, 5.41) is 6.97. The second-order valence-corrected chi connectivity index (χ2v) is 8.31. The van der Waals surface area contributed by atoms with Crippen LogP contribution in [0.25, 0.3) is 11.4 Å². The second-order valence-electron chi connectivity index (χ2n) is 5.13. The highest BCUT2D eigenvalue weighted by Gasteiger charge is 2.13. The third-order valence-corrected chi connectivity index (χ3v) is 5.04. The van der Waals surface area contributed by atoms with E-state index in [0.29, 0.717) is 10.9 Å². The zero-order valence-electron chi connectivity index (χ0n) is 12.0. The maximum Gasteiger partial charge on any atom is 0.208 e. The van der Waals surface area contributed by atoms with E-state index in [4.69, 9.17) is 0 Å². The molecule has 5 nitrogen and oxygen atoms in total. The smallest absolute Gasteiger partial charge is 0.208 e. The van der Waals surface area contributed by atoms with E-state index >= 15 is 0 Å². The number of nitrogens with zero attached hydrogens (tertiary/aromatic N) is 2. The molecule has 0 saturated carbocycles. The Hall–Kier alpha value is -1.48. The Bertz CT molecular complexity index is 742. The fraction of sp³-hybridized carbons (Fsp3) is 0.385. The molecule has 0 aliphatic rings. The normalized spacial score (nSPS) is 13.3. The van der Waals surface area contributed by atoms with Gasteiger partial charge in [-0.15, -0.1) is 5.10 Å². The van der Waals surface area contributed by atoms with Gasteiger partial charge in [-0.05, 0) is 18.1 Å². The molecule has 0 fully saturated rings. The van der Waals surface area contributed by atoms with Crippen LogP contribution in [0.4, 0.5) is 8.78 Å². The van der Waals surface area contributed by atoms with Gasteiger partial charge in [0.15, 0.2) is 5.82 Å². The maximum atomic E-state index is 13.2. The molecule has 0 amide bonds. The minimum absolute atomic E-state index is 0.0476. The highest BCUT2D eigenvalue weighted by atomic mass is 32.2. The summed E-state index contributed by atoms with van der Waals surface area (Å²) in [6.07, 6.45) is 1.19. The van der Waals surface area contributed by atoms with Crippen molar-refractivity contribution >= 4 is 21.6 Å². The number of thioether (sulfide) groups is 1. The molecule has 120 valence electrons. The van der Waals surface area contributed by atoms with E-state index in [-0.39, 0.29) is 23.1 Å². The summed E-state index contributed by atoms with van der Waals surface area (Å²) in [4.78, 5) is 4.14. The molecule has 1 heterocycles. The van der Waals surface area contributed by atoms with E-state index < -0.39 is 21.5 Å². The number of H-pyrrole nitrogens is 1. The quantitative estimate of drug-likeness (QED) is 0.813. The Labute approximate surface area is 131 Å². The van der Waals surface area contributed by atoms with Gasteiger partial charge in [-0.25, -0.2) is 22.2 Å². The molecular formula is C13H15F2N3O2S2. The van der Waals surface area contributed by atoms with Crippen LogP contribution in [0, 0.1) is 17.6 Å². The standard InChI is InChI=1S/C13H15F2N3O2S2/c1-8(7-22(2,19)20)6-21-13-16-12(17-18-13)9-3-10(14)5-11(15)4-9/h3-5,8H,6-7H2,1-2H3,(H,16,17,18)/t8-/m0/s1. The topological polar surface area (TPSA) is 75.7 Å². The molecule has 0 radical (unpaired) electrons. The van der Waals surface area contributed by atoms with Gasteiger partial charge in [-0.3, -0.25) is 5.10 Å². The van der Waals surface area contributed by atoms with Crippen molar-refractivity contribution in [2.24, 2.45) is 5.92 Å². The summed E-state index contributed by atoms with van der Waals surface area (Å²) in [5.41, 5.74) is 0.265. The van der Waals surface area contributed by atoms with Crippen LogP contribution in [0.15, 0.2) is 23.4 Å². The zero-order chi connectivity index (χ0) is 16.3. The van der Waals surface area contributed by atoms with E-state index in [1.54, 1.807) is 0 Å². The summed E-state index contributed by atoms with van der Waals surface area (Å²) in [7, 11) is -3.02. The molecule has 0 spiro atoms. The molecule has 0 aliphatic heterocycles. The summed E-state index contributed by atoms with van der Waals surface area (Å²) in [5.74, 6) is -0.552. The summed E-state index contributed by atoms with van der Waals surface area (Å²) in [6, 6.07) is 3.09. The Morgan fingerprint density at radius 1 is 1.27 bits per heavy atom. The fourth-order valence-electron chi connectivity index (χ4n) is 1.91. The maximum absolute atomic E-state index is 13.2. The largest absolute Gasteiger partial charge is 0.258 e. The molecule has 9 heteroatoms. The molecular weight excluding hydrogens is 332 g/mol. The lowest BCUT2D eigenvalue weighted by atomic mass is 10.2. The summed E-state index contributed by atoms with van der Waals surface area (Å²) in [6.45, 7) is 1.82. The first kappa shape index (κ1) is 16.9. The van der Waals surface area contributed by atoms with Crippen molar-refractivity contribution in [1.29, 1.82) is 0 Å². The number of nitrogens with one attached hydrogen (secondary N) is 1. The molecule has 0 bridgehead atoms. The summed E-state index contributed by atoms with van der Waals surface area (Å²) < 4.78 is 48.7. The first-order chi connectivity index (χ1) is 10.2. The SMILES string of the molecule is C[C@@H](CSc1n[nH]c(-c2cc(F)cc(F)c2)n1)CS(C)(=O)=O. The van der Waals surface area contributed by atoms with Gasteiger partial charge in [0.1, 0.15) is 21.5 Å². The van der Waals surface area contributed by atoms with Crippen LogP contribution in [0.5, 0.6) is 0 Å². The number of benzene rings is 1. The van der Waals surface area contributed by atoms with Crippen LogP contribution in [0.1, 0.15) is 6.92 Å². The number of sulfone groups is 1. The molecule has 1 N–H and O–H groups in total. The van der Waals surface area contributed by atoms with E-state index in [2.05, 4.69) is 15.2 Å². The Morgan fingerprint density at radius 2 is 1.91 bits per heavy atom. The van der Waals surface area contributed by atoms with Crippen molar-refractivity contribution in [2.75, 3.05) is 17.8 Å². The van der Waals surface area contributed by atoms with E-state index in [1.807, 2.05) is 6.92 Å². The van der Waals surface area contributed by atoms with Gasteiger partial charge in [-0.1, -0.05) is 18.7 Å². The van der Waals surface area contributed by atoms with Crippen LogP contribution < -0.4 is 0 Å². The highest BCUT2D eigenvalue weighted by molar-refractivity contribution is 7.99. The molecule has 0 saturated heterocycles. The van der Waals surface area contributed by atoms with Gasteiger partial charge in [0.25, 0.3) is 0 Å². The van der Waals surface area contributed by atoms with Crippen molar-refractivity contribution in [3.05, 3.63) is 29.8 Å². The number of hydrogen-bond acceptors (Lipinski definition) is 5. The van der Waals surface area contributed by atoms with Crippen LogP contribution in [0.3, 0.4) is 0 Å². The van der Waals surface area contributed by atoms with Crippen molar-refractivity contribution in [3.63, 3.8) is 0 Å². The van der Waals surface area contributed by atoms with E-state index in [1.165, 1.54) is 18.0 Å². The number of rotatable bonds is 6. The van der Waals surface area contributed by atoms with Gasteiger partial charge in [0.05, 0.1) is 5.75 Å². The van der Waals surface area contributed by atoms with Gasteiger partial charge in [0, 0.05) is 23.6 Å². The minimum Gasteiger partial charge on any atom is -0.258 e. The molecule has 2 aromatic rings. The molecule has 2 rings (SSSR count). The van der Waals surface area contributed by atoms with Crippen LogP contribution in [-0.2, 0) is 9.84 Å². The monoisotopic (exact) mass is 347 g/mol. The van der Waals surface area contributed by atoms with Gasteiger partial charge >= 0.3 is 0 Å². The van der Waals surface area contributed by atoms with Crippen molar-refractivity contribution in [3.8, 4) is 11.4 Å². The molecule has 22 heavy (non-hydrogen) atoms. The van der Waals surface area contributed by atoms with Crippen molar-refractivity contribution in [2.45, 2.75) is 12.1 Å². The lowest BCUT2D eigenvalue weighted by Crippen LogP contribution is -2.13. The lowest BCUT2D eigenvalue weighted by molar-refractivity contribution is 0.583. The molecule has 1 atom stereocenters. The van der Waals surface area contributed by atoms with E-state index in [9.17, 15) is 17.2 Å². The predicted molar refractivity (Wildman–Crippen MR) is 81.3 cm³/mol. The molecule has 0 unspecified atom stereocenters. The second kappa shape index (κ2) is 6.74. The molecule has 1 aromatic carbocycles. The number of aromatic nitrogens is 3. The van der Waals surface area contributed by atoms with Crippen molar-refractivity contribution < 1.29 is 17.2 Å². The van der Waals surface area contributed by atoms with E-state index in [0.717, 1.165) is 18.2 Å².